The molecule has 0 radical (unpaired) electrons. The van der Waals surface area contributed by atoms with Crippen LogP contribution in [-0.4, -0.2) is 4.98 Å². The summed E-state index contributed by atoms with van der Waals surface area (Å²) in [7, 11) is 0. The summed E-state index contributed by atoms with van der Waals surface area (Å²) in [5, 5.41) is 1.23. The van der Waals surface area contributed by atoms with Crippen LogP contribution in [0.25, 0.3) is 10.9 Å². The van der Waals surface area contributed by atoms with Crippen molar-refractivity contribution in [3.8, 4) is 0 Å². The molecule has 2 rings (SSSR count). The highest BCUT2D eigenvalue weighted by Gasteiger charge is 2.01. The molecule has 1 aromatic heterocycles. The molecule has 0 saturated heterocycles. The molecule has 0 fully saturated rings. The predicted octanol–water partition coefficient (Wildman–Crippen LogP) is 3.67. The van der Waals surface area contributed by atoms with E-state index >= 15 is 0 Å². The minimum absolute atomic E-state index is 0.572. The number of hydrogen-bond donors (Lipinski definition) is 0. The molecule has 0 aliphatic rings. The highest BCUT2D eigenvalue weighted by atomic mass is 14.6. The number of nitrogens with zero attached hydrogens (tertiary/aromatic N) is 1. The third-order valence-electron chi connectivity index (χ3n) is 2.51. The molecule has 0 saturated carbocycles. The molecule has 0 atom stereocenters. The van der Waals surface area contributed by atoms with E-state index in [9.17, 15) is 0 Å². The van der Waals surface area contributed by atoms with Gasteiger partial charge in [-0.2, -0.15) is 0 Å². The molecule has 72 valence electrons. The number of aromatic nitrogens is 1. The molecule has 0 amide bonds. The second-order valence-corrected chi connectivity index (χ2v) is 4.12. The maximum Gasteiger partial charge on any atom is 0.0705 e. The quantitative estimate of drug-likeness (QED) is 0.660. The molecular weight excluding hydrogens is 170 g/mol. The minimum atomic E-state index is 0.572. The number of fused-ring (bicyclic) bond motifs is 1. The Balaban J connectivity index is 2.62. The topological polar surface area (TPSA) is 12.9 Å². The van der Waals surface area contributed by atoms with Crippen LogP contribution in [0.1, 0.15) is 30.9 Å². The second-order valence-electron chi connectivity index (χ2n) is 4.12. The molecule has 0 aliphatic carbocycles. The van der Waals surface area contributed by atoms with Crippen molar-refractivity contribution in [2.45, 2.75) is 26.7 Å². The van der Waals surface area contributed by atoms with Gasteiger partial charge in [-0.15, -0.1) is 0 Å². The van der Waals surface area contributed by atoms with Crippen LogP contribution >= 0.6 is 0 Å². The van der Waals surface area contributed by atoms with Crippen molar-refractivity contribution in [1.29, 1.82) is 0 Å². The molecule has 0 bridgehead atoms. The van der Waals surface area contributed by atoms with Crippen LogP contribution in [0.4, 0.5) is 0 Å². The molecule has 0 unspecified atom stereocenters. The van der Waals surface area contributed by atoms with E-state index in [-0.39, 0.29) is 0 Å². The van der Waals surface area contributed by atoms with Crippen LogP contribution in [-0.2, 0) is 0 Å². The zero-order valence-corrected chi connectivity index (χ0v) is 8.91. The van der Waals surface area contributed by atoms with Crippen LogP contribution in [0.2, 0.25) is 0 Å². The van der Waals surface area contributed by atoms with Gasteiger partial charge in [0, 0.05) is 11.6 Å². The van der Waals surface area contributed by atoms with Gasteiger partial charge in [-0.1, -0.05) is 26.0 Å². The molecule has 0 spiro atoms. The third kappa shape index (κ3) is 1.63. The molecule has 14 heavy (non-hydrogen) atoms. The summed E-state index contributed by atoms with van der Waals surface area (Å²) in [6, 6.07) is 8.70. The average molecular weight is 185 g/mol. The van der Waals surface area contributed by atoms with Gasteiger partial charge in [0.2, 0.25) is 0 Å². The van der Waals surface area contributed by atoms with Crippen LogP contribution in [0.3, 0.4) is 0 Å². The summed E-state index contributed by atoms with van der Waals surface area (Å²) < 4.78 is 0. The molecule has 1 heteroatoms. The number of benzene rings is 1. The van der Waals surface area contributed by atoms with Gasteiger partial charge in [-0.05, 0) is 36.1 Å². The highest BCUT2D eigenvalue weighted by Crippen LogP contribution is 2.20. The van der Waals surface area contributed by atoms with E-state index in [2.05, 4.69) is 50.0 Å². The van der Waals surface area contributed by atoms with Crippen molar-refractivity contribution < 1.29 is 0 Å². The fourth-order valence-electron chi connectivity index (χ4n) is 1.61. The summed E-state index contributed by atoms with van der Waals surface area (Å²) in [5.74, 6) is 0.572. The van der Waals surface area contributed by atoms with Crippen molar-refractivity contribution in [3.05, 3.63) is 41.6 Å². The Labute approximate surface area is 84.8 Å². The first-order valence-electron chi connectivity index (χ1n) is 5.03. The highest BCUT2D eigenvalue weighted by molar-refractivity contribution is 5.79. The number of aryl methyl sites for hydroxylation is 1. The fraction of sp³-hybridized carbons (Fsp3) is 0.308. The first kappa shape index (κ1) is 9.20. The van der Waals surface area contributed by atoms with Crippen molar-refractivity contribution in [3.63, 3.8) is 0 Å². The average Bonchev–Trinajstić information content (AvgIpc) is 2.16. The van der Waals surface area contributed by atoms with E-state index in [4.69, 9.17) is 0 Å². The minimum Gasteiger partial charge on any atom is -0.256 e. The Bertz CT molecular complexity index is 458. The van der Waals surface area contributed by atoms with Crippen molar-refractivity contribution in [2.24, 2.45) is 0 Å². The first-order chi connectivity index (χ1) is 6.66. The lowest BCUT2D eigenvalue weighted by Gasteiger charge is -2.06. The smallest absolute Gasteiger partial charge is 0.0705 e. The van der Waals surface area contributed by atoms with Gasteiger partial charge in [0.15, 0.2) is 0 Å². The van der Waals surface area contributed by atoms with E-state index in [1.54, 1.807) is 0 Å². The third-order valence-corrected chi connectivity index (χ3v) is 2.51. The fourth-order valence-corrected chi connectivity index (χ4v) is 1.61. The lowest BCUT2D eigenvalue weighted by atomic mass is 10.0. The second kappa shape index (κ2) is 3.41. The van der Waals surface area contributed by atoms with Gasteiger partial charge < -0.3 is 0 Å². The lowest BCUT2D eigenvalue weighted by molar-refractivity contribution is 0.868. The summed E-state index contributed by atoms with van der Waals surface area (Å²) in [5.41, 5.74) is 3.67. The van der Waals surface area contributed by atoms with Gasteiger partial charge in [-0.3, -0.25) is 4.98 Å². The molecule has 1 nitrogen and oxygen atoms in total. The molecule has 0 aliphatic heterocycles. The largest absolute Gasteiger partial charge is 0.256 e. The Morgan fingerprint density at radius 3 is 2.64 bits per heavy atom. The zero-order valence-electron chi connectivity index (χ0n) is 8.91. The maximum atomic E-state index is 4.42. The number of pyridine rings is 1. The van der Waals surface area contributed by atoms with Crippen LogP contribution in [0, 0.1) is 6.92 Å². The SMILES string of the molecule is Cc1cnc2cc(C(C)C)ccc2c1. The lowest BCUT2D eigenvalue weighted by Crippen LogP contribution is -1.88. The number of hydrogen-bond acceptors (Lipinski definition) is 1. The van der Waals surface area contributed by atoms with Crippen molar-refractivity contribution in [1.82, 2.24) is 4.98 Å². The van der Waals surface area contributed by atoms with E-state index < -0.39 is 0 Å². The van der Waals surface area contributed by atoms with Crippen LogP contribution < -0.4 is 0 Å². The van der Waals surface area contributed by atoms with E-state index in [1.807, 2.05) is 6.20 Å². The van der Waals surface area contributed by atoms with E-state index in [1.165, 1.54) is 16.5 Å². The Morgan fingerprint density at radius 2 is 1.93 bits per heavy atom. The summed E-state index contributed by atoms with van der Waals surface area (Å²) >= 11 is 0. The van der Waals surface area contributed by atoms with Gasteiger partial charge >= 0.3 is 0 Å². The van der Waals surface area contributed by atoms with Crippen molar-refractivity contribution >= 4 is 10.9 Å². The van der Waals surface area contributed by atoms with Crippen LogP contribution in [0.5, 0.6) is 0 Å². The van der Waals surface area contributed by atoms with Gasteiger partial charge in [0.05, 0.1) is 5.52 Å². The molecule has 1 heterocycles. The Kier molecular flexibility index (Phi) is 2.24. The van der Waals surface area contributed by atoms with Gasteiger partial charge in [0.25, 0.3) is 0 Å². The maximum absolute atomic E-state index is 4.42. The summed E-state index contributed by atoms with van der Waals surface area (Å²) in [6.07, 6.45) is 1.92. The predicted molar refractivity (Wildman–Crippen MR) is 60.6 cm³/mol. The Morgan fingerprint density at radius 1 is 1.14 bits per heavy atom. The normalized spacial score (nSPS) is 11.1. The van der Waals surface area contributed by atoms with E-state index in [0.717, 1.165) is 5.52 Å². The molecule has 1 aromatic carbocycles. The summed E-state index contributed by atoms with van der Waals surface area (Å²) in [4.78, 5) is 4.42. The first-order valence-corrected chi connectivity index (χ1v) is 5.03. The van der Waals surface area contributed by atoms with Gasteiger partial charge in [-0.25, -0.2) is 0 Å². The van der Waals surface area contributed by atoms with Crippen molar-refractivity contribution in [2.75, 3.05) is 0 Å². The zero-order chi connectivity index (χ0) is 10.1. The summed E-state index contributed by atoms with van der Waals surface area (Å²) in [6.45, 7) is 6.48. The molecule has 0 N–H and O–H groups in total. The number of rotatable bonds is 1. The molecular formula is C13H15N. The Hall–Kier alpha value is -1.37. The molecule has 2 aromatic rings. The standard InChI is InChI=1S/C13H15N/c1-9(2)11-4-5-12-6-10(3)8-14-13(12)7-11/h4-9H,1-3H3. The van der Waals surface area contributed by atoms with Crippen LogP contribution in [0.15, 0.2) is 30.5 Å². The monoisotopic (exact) mass is 185 g/mol. The van der Waals surface area contributed by atoms with Gasteiger partial charge in [0.1, 0.15) is 0 Å². The van der Waals surface area contributed by atoms with E-state index in [0.29, 0.717) is 5.92 Å².